The molecule has 106 valence electrons. The Morgan fingerprint density at radius 1 is 1.42 bits per heavy atom. The summed E-state index contributed by atoms with van der Waals surface area (Å²) in [6.45, 7) is 5.05. The number of hydrogen-bond acceptors (Lipinski definition) is 4. The van der Waals surface area contributed by atoms with Gasteiger partial charge >= 0.3 is 5.69 Å². The van der Waals surface area contributed by atoms with Crippen molar-refractivity contribution in [1.82, 2.24) is 9.55 Å². The van der Waals surface area contributed by atoms with Gasteiger partial charge in [0.2, 0.25) is 0 Å². The lowest BCUT2D eigenvalue weighted by molar-refractivity contribution is 0.277. The van der Waals surface area contributed by atoms with E-state index in [1.165, 1.54) is 5.56 Å². The second-order valence-corrected chi connectivity index (χ2v) is 6.42. The van der Waals surface area contributed by atoms with Crippen LogP contribution in [0.15, 0.2) is 9.82 Å². The summed E-state index contributed by atoms with van der Waals surface area (Å²) in [6, 6.07) is 0. The van der Waals surface area contributed by atoms with E-state index in [1.807, 2.05) is 0 Å². The molecular formula is C14H22N2O2S. The quantitative estimate of drug-likeness (QED) is 0.639. The third-order valence-electron chi connectivity index (χ3n) is 3.29. The average molecular weight is 282 g/mol. The van der Waals surface area contributed by atoms with Gasteiger partial charge < -0.3 is 5.11 Å². The summed E-state index contributed by atoms with van der Waals surface area (Å²) in [5, 5.41) is 9.86. The first-order chi connectivity index (χ1) is 9.13. The lowest BCUT2D eigenvalue weighted by atomic mass is 10.2. The Morgan fingerprint density at radius 3 is 2.89 bits per heavy atom. The number of nitrogens with zero attached hydrogens (tertiary/aromatic N) is 2. The Balaban J connectivity index is 2.30. The first-order valence-corrected chi connectivity index (χ1v) is 7.98. The maximum absolute atomic E-state index is 12.1. The first kappa shape index (κ1) is 14.6. The molecule has 0 aliphatic heterocycles. The summed E-state index contributed by atoms with van der Waals surface area (Å²) < 4.78 is 1.76. The summed E-state index contributed by atoms with van der Waals surface area (Å²) in [5.41, 5.74) is 2.27. The van der Waals surface area contributed by atoms with E-state index in [1.54, 1.807) is 16.3 Å². The van der Waals surface area contributed by atoms with Gasteiger partial charge in [0.25, 0.3) is 0 Å². The Labute approximate surface area is 118 Å². The zero-order valence-electron chi connectivity index (χ0n) is 11.7. The van der Waals surface area contributed by atoms with E-state index in [0.717, 1.165) is 35.7 Å². The Morgan fingerprint density at radius 2 is 2.21 bits per heavy atom. The molecule has 5 heteroatoms. The summed E-state index contributed by atoms with van der Waals surface area (Å²) in [7, 11) is 0. The van der Waals surface area contributed by atoms with Crippen LogP contribution in [0.2, 0.25) is 0 Å². The molecule has 0 saturated carbocycles. The largest absolute Gasteiger partial charge is 0.396 e. The van der Waals surface area contributed by atoms with Crippen LogP contribution in [0.3, 0.4) is 0 Å². The third kappa shape index (κ3) is 3.39. The molecule has 0 atom stereocenters. The molecule has 0 radical (unpaired) electrons. The molecule has 4 nitrogen and oxygen atoms in total. The minimum Gasteiger partial charge on any atom is -0.396 e. The topological polar surface area (TPSA) is 55.1 Å². The maximum Gasteiger partial charge on any atom is 0.348 e. The number of aliphatic hydroxyl groups is 1. The molecule has 1 aliphatic rings. The Hall–Kier alpha value is -0.810. The van der Waals surface area contributed by atoms with Crippen LogP contribution in [-0.2, 0) is 19.4 Å². The summed E-state index contributed by atoms with van der Waals surface area (Å²) >= 11 is 1.71. The van der Waals surface area contributed by atoms with E-state index in [2.05, 4.69) is 18.8 Å². The van der Waals surface area contributed by atoms with Crippen molar-refractivity contribution in [3.8, 4) is 0 Å². The van der Waals surface area contributed by atoms with Gasteiger partial charge in [0.05, 0.1) is 0 Å². The van der Waals surface area contributed by atoms with Crippen LogP contribution in [0.4, 0.5) is 0 Å². The van der Waals surface area contributed by atoms with Crippen LogP contribution >= 0.6 is 11.8 Å². The molecule has 19 heavy (non-hydrogen) atoms. The molecule has 0 unspecified atom stereocenters. The molecule has 1 aromatic rings. The molecule has 1 aliphatic carbocycles. The molecule has 0 bridgehead atoms. The lowest BCUT2D eigenvalue weighted by Gasteiger charge is -2.14. The minimum absolute atomic E-state index is 0.116. The normalized spacial score (nSPS) is 14.1. The van der Waals surface area contributed by atoms with Crippen molar-refractivity contribution >= 4 is 11.8 Å². The van der Waals surface area contributed by atoms with Gasteiger partial charge in [0, 0.05) is 30.2 Å². The molecular weight excluding hydrogens is 260 g/mol. The van der Waals surface area contributed by atoms with Gasteiger partial charge in [-0.2, -0.15) is 4.98 Å². The van der Waals surface area contributed by atoms with Gasteiger partial charge in [-0.1, -0.05) is 13.8 Å². The van der Waals surface area contributed by atoms with Crippen molar-refractivity contribution in [3.63, 3.8) is 0 Å². The van der Waals surface area contributed by atoms with Gasteiger partial charge in [-0.25, -0.2) is 4.79 Å². The monoisotopic (exact) mass is 282 g/mol. The number of thioether (sulfide) groups is 1. The fourth-order valence-corrected chi connectivity index (χ4v) is 3.44. The second kappa shape index (κ2) is 6.57. The molecule has 1 heterocycles. The highest BCUT2D eigenvalue weighted by molar-refractivity contribution is 7.99. The van der Waals surface area contributed by atoms with Gasteiger partial charge in [0.15, 0.2) is 0 Å². The SMILES string of the molecule is CC(C)CSc1nc(=O)n(CCCO)c2c1CCC2. The van der Waals surface area contributed by atoms with E-state index in [0.29, 0.717) is 18.9 Å². The van der Waals surface area contributed by atoms with E-state index >= 15 is 0 Å². The number of aromatic nitrogens is 2. The van der Waals surface area contributed by atoms with Crippen LogP contribution in [0.1, 0.15) is 37.9 Å². The second-order valence-electron chi connectivity index (χ2n) is 5.41. The third-order valence-corrected chi connectivity index (χ3v) is 4.74. The van der Waals surface area contributed by atoms with Crippen LogP contribution in [0, 0.1) is 5.92 Å². The minimum atomic E-state index is -0.152. The van der Waals surface area contributed by atoms with Gasteiger partial charge in [-0.3, -0.25) is 4.57 Å². The van der Waals surface area contributed by atoms with Crippen molar-refractivity contribution in [1.29, 1.82) is 0 Å². The highest BCUT2D eigenvalue weighted by atomic mass is 32.2. The molecule has 0 aromatic carbocycles. The van der Waals surface area contributed by atoms with Gasteiger partial charge in [0.1, 0.15) is 5.03 Å². The molecule has 1 aromatic heterocycles. The fraction of sp³-hybridized carbons (Fsp3) is 0.714. The summed E-state index contributed by atoms with van der Waals surface area (Å²) in [6.07, 6.45) is 3.72. The molecule has 0 spiro atoms. The average Bonchev–Trinajstić information content (AvgIpc) is 2.84. The van der Waals surface area contributed by atoms with Crippen molar-refractivity contribution in [2.45, 2.75) is 51.1 Å². The number of rotatable bonds is 6. The van der Waals surface area contributed by atoms with Crippen molar-refractivity contribution in [2.24, 2.45) is 5.92 Å². The van der Waals surface area contributed by atoms with Crippen molar-refractivity contribution in [3.05, 3.63) is 21.7 Å². The zero-order chi connectivity index (χ0) is 13.8. The Kier molecular flexibility index (Phi) is 5.05. The first-order valence-electron chi connectivity index (χ1n) is 6.99. The summed E-state index contributed by atoms with van der Waals surface area (Å²) in [4.78, 5) is 16.4. The Bertz CT molecular complexity index is 497. The number of hydrogen-bond donors (Lipinski definition) is 1. The highest BCUT2D eigenvalue weighted by Gasteiger charge is 2.21. The molecule has 1 N–H and O–H groups in total. The van der Waals surface area contributed by atoms with E-state index < -0.39 is 0 Å². The zero-order valence-corrected chi connectivity index (χ0v) is 12.5. The number of fused-ring (bicyclic) bond motifs is 1. The van der Waals surface area contributed by atoms with Crippen LogP contribution < -0.4 is 5.69 Å². The van der Waals surface area contributed by atoms with Gasteiger partial charge in [-0.15, -0.1) is 11.8 Å². The van der Waals surface area contributed by atoms with Crippen molar-refractivity contribution in [2.75, 3.05) is 12.4 Å². The van der Waals surface area contributed by atoms with Crippen molar-refractivity contribution < 1.29 is 5.11 Å². The molecule has 0 amide bonds. The lowest BCUT2D eigenvalue weighted by Crippen LogP contribution is -2.27. The standard InChI is InChI=1S/C14H22N2O2S/c1-10(2)9-19-13-11-5-3-6-12(11)16(7-4-8-17)14(18)15-13/h10,17H,3-9H2,1-2H3. The molecule has 0 fully saturated rings. The molecule has 0 saturated heterocycles. The number of aliphatic hydroxyl groups excluding tert-OH is 1. The van der Waals surface area contributed by atoms with Crippen LogP contribution in [0.5, 0.6) is 0 Å². The fourth-order valence-electron chi connectivity index (χ4n) is 2.41. The predicted octanol–water partition coefficient (Wildman–Crippen LogP) is 1.86. The van der Waals surface area contributed by atoms with E-state index in [9.17, 15) is 4.79 Å². The van der Waals surface area contributed by atoms with E-state index in [4.69, 9.17) is 5.11 Å². The van der Waals surface area contributed by atoms with Gasteiger partial charge in [-0.05, 0) is 31.6 Å². The molecule has 2 rings (SSSR count). The van der Waals surface area contributed by atoms with Crippen LogP contribution in [0.25, 0.3) is 0 Å². The predicted molar refractivity (Wildman–Crippen MR) is 77.8 cm³/mol. The van der Waals surface area contributed by atoms with E-state index in [-0.39, 0.29) is 12.3 Å². The maximum atomic E-state index is 12.1. The smallest absolute Gasteiger partial charge is 0.348 e. The summed E-state index contributed by atoms with van der Waals surface area (Å²) in [5.74, 6) is 1.60. The highest BCUT2D eigenvalue weighted by Crippen LogP contribution is 2.30. The van der Waals surface area contributed by atoms with Crippen LogP contribution in [-0.4, -0.2) is 27.0 Å².